The van der Waals surface area contributed by atoms with Crippen LogP contribution < -0.4 is 11.5 Å². The van der Waals surface area contributed by atoms with Crippen LogP contribution in [0.15, 0.2) is 24.3 Å². The third-order valence-electron chi connectivity index (χ3n) is 4.23. The Bertz CT molecular complexity index is 785. The maximum absolute atomic E-state index is 12.7. The maximum Gasteiger partial charge on any atom is 0.416 e. The van der Waals surface area contributed by atoms with E-state index in [1.807, 2.05) is 6.92 Å². The molecule has 2 rings (SSSR count). The number of aromatic nitrogens is 2. The molecule has 0 aliphatic rings. The number of nitrogens with zero attached hydrogens (tertiary/aromatic N) is 2. The van der Waals surface area contributed by atoms with E-state index in [0.29, 0.717) is 17.9 Å². The predicted molar refractivity (Wildman–Crippen MR) is 95.0 cm³/mol. The van der Waals surface area contributed by atoms with Gasteiger partial charge in [-0.25, -0.2) is 4.68 Å². The van der Waals surface area contributed by atoms with Crippen LogP contribution in [-0.4, -0.2) is 22.3 Å². The highest BCUT2D eigenvalue weighted by atomic mass is 19.4. The fourth-order valence-corrected chi connectivity index (χ4v) is 2.67. The minimum atomic E-state index is -4.41. The van der Waals surface area contributed by atoms with Crippen molar-refractivity contribution in [2.75, 3.05) is 12.3 Å². The van der Waals surface area contributed by atoms with Crippen LogP contribution in [0.25, 0.3) is 0 Å². The number of halogens is 3. The van der Waals surface area contributed by atoms with E-state index >= 15 is 0 Å². The third kappa shape index (κ3) is 4.79. The highest BCUT2D eigenvalue weighted by molar-refractivity contribution is 5.98. The number of alkyl halides is 3. The molecule has 1 aromatic heterocycles. The summed E-state index contributed by atoms with van der Waals surface area (Å²) in [6, 6.07) is 4.21. The van der Waals surface area contributed by atoms with Gasteiger partial charge in [0.05, 0.1) is 18.2 Å². The Morgan fingerprint density at radius 1 is 1.30 bits per heavy atom. The number of amides is 1. The average Bonchev–Trinajstić information content (AvgIpc) is 2.94. The molecule has 0 saturated carbocycles. The number of hydrogen-bond acceptors (Lipinski definition) is 4. The summed E-state index contributed by atoms with van der Waals surface area (Å²) >= 11 is 0. The largest absolute Gasteiger partial charge is 0.416 e. The van der Waals surface area contributed by atoms with E-state index in [2.05, 4.69) is 5.10 Å². The molecular formula is C18H23F3N4O2. The lowest BCUT2D eigenvalue weighted by Crippen LogP contribution is -2.16. The summed E-state index contributed by atoms with van der Waals surface area (Å²) < 4.78 is 45.0. The van der Waals surface area contributed by atoms with Gasteiger partial charge in [-0.15, -0.1) is 0 Å². The van der Waals surface area contributed by atoms with Crippen LogP contribution in [0.3, 0.4) is 0 Å². The van der Waals surface area contributed by atoms with Crippen molar-refractivity contribution >= 4 is 11.7 Å². The summed E-state index contributed by atoms with van der Waals surface area (Å²) in [5, 5.41) is 4.32. The van der Waals surface area contributed by atoms with E-state index in [1.54, 1.807) is 6.92 Å². The number of unbranched alkanes of at least 4 members (excludes halogenated alkanes) is 1. The van der Waals surface area contributed by atoms with Crippen LogP contribution in [-0.2, 0) is 17.5 Å². The van der Waals surface area contributed by atoms with Crippen molar-refractivity contribution in [3.8, 4) is 0 Å². The minimum absolute atomic E-state index is 0.0592. The first-order valence-electron chi connectivity index (χ1n) is 8.58. The highest BCUT2D eigenvalue weighted by Crippen LogP contribution is 2.31. The van der Waals surface area contributed by atoms with Crippen molar-refractivity contribution in [3.05, 3.63) is 46.6 Å². The Kier molecular flexibility index (Phi) is 6.48. The molecule has 0 bridgehead atoms. The zero-order valence-corrected chi connectivity index (χ0v) is 15.2. The molecule has 0 saturated heterocycles. The topological polar surface area (TPSA) is 96.2 Å². The molecule has 2 aromatic rings. The second kappa shape index (κ2) is 8.43. The standard InChI is InChI=1S/C18H23F3N4O2/c1-3-4-9-27-10-14-15(17(23)26)16(22)25(24-14)11(2)12-5-7-13(8-6-12)18(19,20)21/h5-8,11H,3-4,9-10,22H2,1-2H3,(H2,23,26). The number of benzene rings is 1. The van der Waals surface area contributed by atoms with Gasteiger partial charge in [-0.2, -0.15) is 18.3 Å². The van der Waals surface area contributed by atoms with E-state index in [9.17, 15) is 18.0 Å². The van der Waals surface area contributed by atoms with E-state index in [1.165, 1.54) is 16.8 Å². The Labute approximate surface area is 155 Å². The van der Waals surface area contributed by atoms with Gasteiger partial charge in [0.2, 0.25) is 0 Å². The number of ether oxygens (including phenoxy) is 1. The molecule has 1 amide bonds. The zero-order valence-electron chi connectivity index (χ0n) is 15.2. The third-order valence-corrected chi connectivity index (χ3v) is 4.23. The van der Waals surface area contributed by atoms with Crippen molar-refractivity contribution in [2.45, 2.75) is 45.5 Å². The van der Waals surface area contributed by atoms with Gasteiger partial charge < -0.3 is 16.2 Å². The minimum Gasteiger partial charge on any atom is -0.383 e. The molecule has 0 fully saturated rings. The first-order chi connectivity index (χ1) is 12.7. The highest BCUT2D eigenvalue weighted by Gasteiger charge is 2.30. The molecule has 1 unspecified atom stereocenters. The maximum atomic E-state index is 12.7. The molecule has 9 heteroatoms. The van der Waals surface area contributed by atoms with Crippen molar-refractivity contribution in [3.63, 3.8) is 0 Å². The molecular weight excluding hydrogens is 361 g/mol. The van der Waals surface area contributed by atoms with Crippen LogP contribution in [0.1, 0.15) is 59.9 Å². The number of carbonyl (C=O) groups is 1. The molecule has 148 valence electrons. The number of anilines is 1. The smallest absolute Gasteiger partial charge is 0.383 e. The van der Waals surface area contributed by atoms with E-state index in [4.69, 9.17) is 16.2 Å². The lowest BCUT2D eigenvalue weighted by atomic mass is 10.1. The Balaban J connectivity index is 2.29. The zero-order chi connectivity index (χ0) is 20.2. The van der Waals surface area contributed by atoms with Crippen molar-refractivity contribution in [1.82, 2.24) is 9.78 Å². The summed E-state index contributed by atoms with van der Waals surface area (Å²) in [7, 11) is 0. The van der Waals surface area contributed by atoms with Crippen molar-refractivity contribution < 1.29 is 22.7 Å². The van der Waals surface area contributed by atoms with Crippen LogP contribution in [0.2, 0.25) is 0 Å². The van der Waals surface area contributed by atoms with E-state index in [0.717, 1.165) is 25.0 Å². The van der Waals surface area contributed by atoms with E-state index in [-0.39, 0.29) is 18.0 Å². The second-order valence-corrected chi connectivity index (χ2v) is 6.22. The van der Waals surface area contributed by atoms with Gasteiger partial charge in [0.15, 0.2) is 0 Å². The number of carbonyl (C=O) groups excluding carboxylic acids is 1. The molecule has 6 nitrogen and oxygen atoms in total. The van der Waals surface area contributed by atoms with Gasteiger partial charge in [0.25, 0.3) is 5.91 Å². The van der Waals surface area contributed by atoms with Crippen molar-refractivity contribution in [1.29, 1.82) is 0 Å². The normalized spacial score (nSPS) is 12.9. The number of primary amides is 1. The fraction of sp³-hybridized carbons (Fsp3) is 0.444. The molecule has 0 spiro atoms. The van der Waals surface area contributed by atoms with Crippen LogP contribution in [0.4, 0.5) is 19.0 Å². The molecule has 0 aliphatic carbocycles. The Hall–Kier alpha value is -2.55. The van der Waals surface area contributed by atoms with Gasteiger partial charge in [-0.3, -0.25) is 4.79 Å². The van der Waals surface area contributed by atoms with Gasteiger partial charge in [-0.1, -0.05) is 25.5 Å². The molecule has 4 N–H and O–H groups in total. The SMILES string of the molecule is CCCCOCc1nn(C(C)c2ccc(C(F)(F)F)cc2)c(N)c1C(N)=O. The quantitative estimate of drug-likeness (QED) is 0.681. The van der Waals surface area contributed by atoms with Crippen molar-refractivity contribution in [2.24, 2.45) is 5.73 Å². The predicted octanol–water partition coefficient (Wildman–Crippen LogP) is 3.51. The number of nitrogen functional groups attached to an aromatic ring is 1. The molecule has 0 aliphatic heterocycles. The second-order valence-electron chi connectivity index (χ2n) is 6.22. The van der Waals surface area contributed by atoms with Crippen LogP contribution in [0, 0.1) is 0 Å². The summed E-state index contributed by atoms with van der Waals surface area (Å²) in [4.78, 5) is 11.8. The summed E-state index contributed by atoms with van der Waals surface area (Å²) in [5.74, 6) is -0.670. The molecule has 1 aromatic carbocycles. The first kappa shape index (κ1) is 20.8. The Morgan fingerprint density at radius 2 is 1.93 bits per heavy atom. The summed E-state index contributed by atoms with van der Waals surface area (Å²) in [6.45, 7) is 4.33. The lowest BCUT2D eigenvalue weighted by molar-refractivity contribution is -0.137. The number of hydrogen-bond donors (Lipinski definition) is 2. The van der Waals surface area contributed by atoms with Crippen LogP contribution in [0.5, 0.6) is 0 Å². The lowest BCUT2D eigenvalue weighted by Gasteiger charge is -2.15. The summed E-state index contributed by atoms with van der Waals surface area (Å²) in [6.07, 6.45) is -2.58. The Morgan fingerprint density at radius 3 is 2.44 bits per heavy atom. The van der Waals surface area contributed by atoms with Gasteiger partial charge in [0, 0.05) is 6.61 Å². The van der Waals surface area contributed by atoms with Gasteiger partial charge in [-0.05, 0) is 31.0 Å². The number of nitrogens with two attached hydrogens (primary N) is 2. The van der Waals surface area contributed by atoms with Gasteiger partial charge >= 0.3 is 6.18 Å². The molecule has 0 radical (unpaired) electrons. The fourth-order valence-electron chi connectivity index (χ4n) is 2.67. The van der Waals surface area contributed by atoms with Crippen LogP contribution >= 0.6 is 0 Å². The van der Waals surface area contributed by atoms with Gasteiger partial charge in [0.1, 0.15) is 17.1 Å². The monoisotopic (exact) mass is 384 g/mol. The molecule has 1 atom stereocenters. The molecule has 27 heavy (non-hydrogen) atoms. The average molecular weight is 384 g/mol. The number of rotatable bonds is 8. The first-order valence-corrected chi connectivity index (χ1v) is 8.58. The summed E-state index contributed by atoms with van der Waals surface area (Å²) in [5.41, 5.74) is 11.7. The van der Waals surface area contributed by atoms with E-state index < -0.39 is 23.7 Å². The molecule has 1 heterocycles.